The summed E-state index contributed by atoms with van der Waals surface area (Å²) < 4.78 is 2.00. The molecule has 4 rings (SSSR count). The van der Waals surface area contributed by atoms with Crippen LogP contribution < -0.4 is 0 Å². The Morgan fingerprint density at radius 3 is 2.53 bits per heavy atom. The van der Waals surface area contributed by atoms with Gasteiger partial charge >= 0.3 is 11.9 Å². The van der Waals surface area contributed by atoms with E-state index in [0.29, 0.717) is 30.8 Å². The summed E-state index contributed by atoms with van der Waals surface area (Å²) in [7, 11) is 1.93. The molecule has 164 valence electrons. The number of fused-ring (bicyclic) bond motifs is 3. The average Bonchev–Trinajstić information content (AvgIpc) is 3.30. The molecule has 0 spiro atoms. The van der Waals surface area contributed by atoms with Crippen LogP contribution in [0.1, 0.15) is 33.0 Å². The number of carboxylic acid groups (broad SMARTS) is 2. The minimum absolute atomic E-state index is 0.0133. The number of nitrogens with zero attached hydrogens (tertiary/aromatic N) is 4. The molecule has 1 aromatic carbocycles. The summed E-state index contributed by atoms with van der Waals surface area (Å²) in [6, 6.07) is 7.79. The van der Waals surface area contributed by atoms with Crippen molar-refractivity contribution >= 4 is 28.7 Å². The molecular formula is C22H21N5O5. The van der Waals surface area contributed by atoms with Gasteiger partial charge in [-0.3, -0.25) is 4.79 Å². The topological polar surface area (TPSA) is 152 Å². The number of aromatic amines is 1. The van der Waals surface area contributed by atoms with E-state index in [1.54, 1.807) is 12.4 Å². The number of nitriles is 1. The Morgan fingerprint density at radius 1 is 1.28 bits per heavy atom. The molecule has 0 saturated carbocycles. The third-order valence-corrected chi connectivity index (χ3v) is 5.22. The van der Waals surface area contributed by atoms with Gasteiger partial charge in [0.1, 0.15) is 6.07 Å². The van der Waals surface area contributed by atoms with Crippen molar-refractivity contribution in [2.75, 3.05) is 6.54 Å². The molecule has 1 aliphatic heterocycles. The van der Waals surface area contributed by atoms with E-state index in [9.17, 15) is 19.6 Å². The number of carbonyl (C=O) groups is 3. The molecule has 3 aromatic rings. The SMILES string of the molecule is Cc1[nH]cnc1CN1CCc2c(c3cccc(C#N)c3n2C)C1=O.O=C(O)/C=C\C(=O)O. The van der Waals surface area contributed by atoms with Crippen LogP contribution in [0.4, 0.5) is 0 Å². The van der Waals surface area contributed by atoms with Crippen molar-refractivity contribution in [1.29, 1.82) is 5.26 Å². The van der Waals surface area contributed by atoms with Gasteiger partial charge in [0.05, 0.1) is 35.2 Å². The predicted molar refractivity (Wildman–Crippen MR) is 114 cm³/mol. The lowest BCUT2D eigenvalue weighted by Gasteiger charge is -2.27. The molecule has 2 aromatic heterocycles. The maximum Gasteiger partial charge on any atom is 0.328 e. The molecule has 32 heavy (non-hydrogen) atoms. The summed E-state index contributed by atoms with van der Waals surface area (Å²) in [5.41, 5.74) is 5.06. The number of nitrogens with one attached hydrogen (secondary N) is 1. The summed E-state index contributed by atoms with van der Waals surface area (Å²) in [5, 5.41) is 25.9. The highest BCUT2D eigenvalue weighted by atomic mass is 16.4. The van der Waals surface area contributed by atoms with E-state index in [-0.39, 0.29) is 5.91 Å². The van der Waals surface area contributed by atoms with Gasteiger partial charge in [0.25, 0.3) is 5.91 Å². The maximum absolute atomic E-state index is 13.1. The Hall–Kier alpha value is -4.39. The third kappa shape index (κ3) is 4.37. The van der Waals surface area contributed by atoms with Crippen LogP contribution in [-0.2, 0) is 29.6 Å². The second kappa shape index (κ2) is 9.18. The van der Waals surface area contributed by atoms with Crippen molar-refractivity contribution in [3.8, 4) is 6.07 Å². The molecule has 0 radical (unpaired) electrons. The largest absolute Gasteiger partial charge is 0.478 e. The maximum atomic E-state index is 13.1. The Balaban J connectivity index is 0.000000312. The van der Waals surface area contributed by atoms with Gasteiger partial charge in [-0.1, -0.05) is 12.1 Å². The average molecular weight is 435 g/mol. The third-order valence-electron chi connectivity index (χ3n) is 5.22. The number of imidazole rings is 1. The molecule has 0 saturated heterocycles. The monoisotopic (exact) mass is 435 g/mol. The lowest BCUT2D eigenvalue weighted by molar-refractivity contribution is -0.134. The molecule has 1 aliphatic rings. The molecule has 0 atom stereocenters. The quantitative estimate of drug-likeness (QED) is 0.530. The van der Waals surface area contributed by atoms with Crippen molar-refractivity contribution in [1.82, 2.24) is 19.4 Å². The van der Waals surface area contributed by atoms with Gasteiger partial charge in [-0.25, -0.2) is 14.6 Å². The number of hydrogen-bond donors (Lipinski definition) is 3. The molecule has 3 heterocycles. The first kappa shape index (κ1) is 22.3. The number of aryl methyl sites for hydroxylation is 2. The van der Waals surface area contributed by atoms with Gasteiger partial charge in [0.2, 0.25) is 0 Å². The molecule has 10 heteroatoms. The number of amides is 1. The summed E-state index contributed by atoms with van der Waals surface area (Å²) in [6.45, 7) is 3.12. The lowest BCUT2D eigenvalue weighted by atomic mass is 10.0. The van der Waals surface area contributed by atoms with Crippen molar-refractivity contribution in [3.05, 3.63) is 64.9 Å². The number of benzene rings is 1. The summed E-state index contributed by atoms with van der Waals surface area (Å²) >= 11 is 0. The van der Waals surface area contributed by atoms with Crippen molar-refractivity contribution in [3.63, 3.8) is 0 Å². The summed E-state index contributed by atoms with van der Waals surface area (Å²) in [6.07, 6.45) is 3.55. The Labute approximate surface area is 183 Å². The van der Waals surface area contributed by atoms with Gasteiger partial charge in [-0.15, -0.1) is 0 Å². The standard InChI is InChI=1S/C18H17N5O.C4H4O4/c1-11-14(21-10-20-11)9-23-7-6-15-16(18(23)24)13-5-3-4-12(8-19)17(13)22(15)2;5-3(6)1-2-4(7)8/h3-5,10H,6-7,9H2,1-2H3,(H,20,21);1-2H,(H,5,6)(H,7,8)/b;2-1-. The first-order valence-electron chi connectivity index (χ1n) is 9.67. The number of rotatable bonds is 4. The van der Waals surface area contributed by atoms with Gasteiger partial charge < -0.3 is 24.7 Å². The van der Waals surface area contributed by atoms with Crippen LogP contribution in [-0.4, -0.2) is 54.0 Å². The minimum Gasteiger partial charge on any atom is -0.478 e. The van der Waals surface area contributed by atoms with E-state index < -0.39 is 11.9 Å². The number of aromatic nitrogens is 3. The second-order valence-corrected chi connectivity index (χ2v) is 7.16. The summed E-state index contributed by atoms with van der Waals surface area (Å²) in [5.74, 6) is -2.50. The fourth-order valence-corrected chi connectivity index (χ4v) is 3.71. The Bertz CT molecular complexity index is 1260. The zero-order valence-electron chi connectivity index (χ0n) is 17.5. The summed E-state index contributed by atoms with van der Waals surface area (Å²) in [4.78, 5) is 41.4. The fourth-order valence-electron chi connectivity index (χ4n) is 3.71. The number of para-hydroxylation sites is 1. The van der Waals surface area contributed by atoms with Crippen LogP contribution in [0.3, 0.4) is 0 Å². The van der Waals surface area contributed by atoms with Crippen LogP contribution >= 0.6 is 0 Å². The first-order chi connectivity index (χ1) is 15.2. The molecular weight excluding hydrogens is 414 g/mol. The minimum atomic E-state index is -1.26. The number of carbonyl (C=O) groups excluding carboxylic acids is 1. The zero-order chi connectivity index (χ0) is 23.4. The molecule has 10 nitrogen and oxygen atoms in total. The van der Waals surface area contributed by atoms with Crippen LogP contribution in [0.5, 0.6) is 0 Å². The molecule has 3 N–H and O–H groups in total. The smallest absolute Gasteiger partial charge is 0.328 e. The molecule has 0 fully saturated rings. The van der Waals surface area contributed by atoms with Gasteiger partial charge in [-0.05, 0) is 13.0 Å². The first-order valence-corrected chi connectivity index (χ1v) is 9.67. The highest BCUT2D eigenvalue weighted by molar-refractivity contribution is 6.10. The van der Waals surface area contributed by atoms with E-state index in [1.807, 2.05) is 35.6 Å². The van der Waals surface area contributed by atoms with E-state index in [2.05, 4.69) is 16.0 Å². The number of aliphatic carboxylic acids is 2. The molecule has 0 unspecified atom stereocenters. The molecule has 0 bridgehead atoms. The Morgan fingerprint density at radius 2 is 1.97 bits per heavy atom. The van der Waals surface area contributed by atoms with E-state index >= 15 is 0 Å². The second-order valence-electron chi connectivity index (χ2n) is 7.16. The van der Waals surface area contributed by atoms with Gasteiger partial charge in [-0.2, -0.15) is 5.26 Å². The van der Waals surface area contributed by atoms with E-state index in [0.717, 1.165) is 40.0 Å². The van der Waals surface area contributed by atoms with Crippen LogP contribution in [0.25, 0.3) is 10.9 Å². The van der Waals surface area contributed by atoms with Crippen LogP contribution in [0.15, 0.2) is 36.7 Å². The van der Waals surface area contributed by atoms with E-state index in [1.165, 1.54) is 0 Å². The fraction of sp³-hybridized carbons (Fsp3) is 0.227. The normalized spacial score (nSPS) is 12.9. The lowest BCUT2D eigenvalue weighted by Crippen LogP contribution is -2.37. The van der Waals surface area contributed by atoms with Gasteiger partial charge in [0, 0.05) is 48.9 Å². The van der Waals surface area contributed by atoms with E-state index in [4.69, 9.17) is 10.2 Å². The number of hydrogen-bond acceptors (Lipinski definition) is 5. The highest BCUT2D eigenvalue weighted by Gasteiger charge is 2.31. The van der Waals surface area contributed by atoms with Crippen molar-refractivity contribution in [2.45, 2.75) is 19.9 Å². The predicted octanol–water partition coefficient (Wildman–Crippen LogP) is 1.99. The van der Waals surface area contributed by atoms with Gasteiger partial charge in [0.15, 0.2) is 0 Å². The van der Waals surface area contributed by atoms with Crippen LogP contribution in [0, 0.1) is 18.3 Å². The number of H-pyrrole nitrogens is 1. The van der Waals surface area contributed by atoms with Crippen LogP contribution in [0.2, 0.25) is 0 Å². The molecule has 0 aliphatic carbocycles. The van der Waals surface area contributed by atoms with Crippen molar-refractivity contribution < 1.29 is 24.6 Å². The Kier molecular flexibility index (Phi) is 6.39. The zero-order valence-corrected chi connectivity index (χ0v) is 17.5. The number of carboxylic acids is 2. The molecule has 1 amide bonds. The highest BCUT2D eigenvalue weighted by Crippen LogP contribution is 2.32. The van der Waals surface area contributed by atoms with Crippen molar-refractivity contribution in [2.24, 2.45) is 7.05 Å².